The first-order valence-corrected chi connectivity index (χ1v) is 6.00. The van der Waals surface area contributed by atoms with Gasteiger partial charge in [-0.15, -0.1) is 0 Å². The predicted molar refractivity (Wildman–Crippen MR) is 67.8 cm³/mol. The molecule has 2 heterocycles. The molecule has 1 aliphatic rings. The molecule has 0 spiro atoms. The van der Waals surface area contributed by atoms with Crippen LogP contribution in [0.25, 0.3) is 0 Å². The fourth-order valence-electron chi connectivity index (χ4n) is 1.87. The fourth-order valence-corrected chi connectivity index (χ4v) is 1.87. The lowest BCUT2D eigenvalue weighted by Gasteiger charge is -2.28. The van der Waals surface area contributed by atoms with Crippen LogP contribution in [0.15, 0.2) is 12.4 Å². The molecule has 1 aromatic heterocycles. The van der Waals surface area contributed by atoms with E-state index in [2.05, 4.69) is 20.0 Å². The Hall–Kier alpha value is -2.51. The normalized spacial score (nSPS) is 18.9. The summed E-state index contributed by atoms with van der Waals surface area (Å²) < 4.78 is 4.54. The van der Waals surface area contributed by atoms with E-state index in [1.54, 1.807) is 0 Å². The first-order chi connectivity index (χ1) is 9.52. The van der Waals surface area contributed by atoms with Crippen molar-refractivity contribution in [3.63, 3.8) is 0 Å². The molecule has 20 heavy (non-hydrogen) atoms. The molecule has 2 amide bonds. The molecule has 1 aliphatic heterocycles. The van der Waals surface area contributed by atoms with Crippen molar-refractivity contribution in [1.82, 2.24) is 14.9 Å². The molecule has 1 unspecified atom stereocenters. The number of ether oxygens (including phenoxy) is 1. The van der Waals surface area contributed by atoms with Crippen molar-refractivity contribution in [2.75, 3.05) is 19.5 Å². The Kier molecular flexibility index (Phi) is 3.92. The number of likely N-dealkylation sites (N-methyl/N-ethyl adjacent to an activating group) is 1. The maximum Gasteiger partial charge on any atom is 0.358 e. The second kappa shape index (κ2) is 5.64. The average molecular weight is 278 g/mol. The molecule has 2 rings (SSSR count). The molecule has 0 radical (unpaired) electrons. The fraction of sp³-hybridized carbons (Fsp3) is 0.417. The molecule has 0 aromatic carbocycles. The summed E-state index contributed by atoms with van der Waals surface area (Å²) in [5.74, 6) is -0.855. The minimum Gasteiger partial charge on any atom is -0.464 e. The molecular formula is C12H14N4O4. The topological polar surface area (TPSA) is 101 Å². The van der Waals surface area contributed by atoms with E-state index in [-0.39, 0.29) is 29.7 Å². The number of carbonyl (C=O) groups excluding carboxylic acids is 3. The van der Waals surface area contributed by atoms with Crippen LogP contribution in [0.5, 0.6) is 0 Å². The Labute approximate surface area is 115 Å². The molecule has 1 atom stereocenters. The van der Waals surface area contributed by atoms with Gasteiger partial charge >= 0.3 is 5.97 Å². The van der Waals surface area contributed by atoms with E-state index in [4.69, 9.17) is 0 Å². The first kappa shape index (κ1) is 13.9. The number of carbonyl (C=O) groups is 3. The lowest BCUT2D eigenvalue weighted by atomic mass is 10.0. The Morgan fingerprint density at radius 1 is 1.45 bits per heavy atom. The van der Waals surface area contributed by atoms with Crippen LogP contribution < -0.4 is 5.32 Å². The van der Waals surface area contributed by atoms with Crippen molar-refractivity contribution in [3.05, 3.63) is 18.1 Å². The number of piperidine rings is 1. The quantitative estimate of drug-likeness (QED) is 0.604. The van der Waals surface area contributed by atoms with Gasteiger partial charge in [-0.3, -0.25) is 19.5 Å². The van der Waals surface area contributed by atoms with E-state index in [9.17, 15) is 14.4 Å². The second-order valence-corrected chi connectivity index (χ2v) is 4.31. The van der Waals surface area contributed by atoms with E-state index in [1.807, 2.05) is 0 Å². The van der Waals surface area contributed by atoms with E-state index >= 15 is 0 Å². The van der Waals surface area contributed by atoms with Crippen molar-refractivity contribution < 1.29 is 19.1 Å². The van der Waals surface area contributed by atoms with Gasteiger partial charge in [-0.2, -0.15) is 0 Å². The number of rotatable bonds is 3. The zero-order valence-electron chi connectivity index (χ0n) is 11.1. The van der Waals surface area contributed by atoms with Gasteiger partial charge in [0.05, 0.1) is 19.5 Å². The number of likely N-dealkylation sites (tertiary alicyclic amines) is 1. The van der Waals surface area contributed by atoms with Crippen LogP contribution in [0.3, 0.4) is 0 Å². The summed E-state index contributed by atoms with van der Waals surface area (Å²) in [5.41, 5.74) is 0.0465. The smallest absolute Gasteiger partial charge is 0.358 e. The van der Waals surface area contributed by atoms with Crippen LogP contribution in [0.1, 0.15) is 23.3 Å². The van der Waals surface area contributed by atoms with Crippen molar-refractivity contribution in [2.45, 2.75) is 18.9 Å². The lowest BCUT2D eigenvalue weighted by molar-refractivity contribution is -0.146. The third-order valence-electron chi connectivity index (χ3n) is 3.00. The van der Waals surface area contributed by atoms with E-state index in [0.29, 0.717) is 6.42 Å². The van der Waals surface area contributed by atoms with E-state index in [0.717, 1.165) is 4.90 Å². The molecule has 1 N–H and O–H groups in total. The molecule has 1 fully saturated rings. The van der Waals surface area contributed by atoms with Gasteiger partial charge < -0.3 is 10.1 Å². The van der Waals surface area contributed by atoms with Gasteiger partial charge in [0.25, 0.3) is 5.91 Å². The van der Waals surface area contributed by atoms with Gasteiger partial charge in [-0.1, -0.05) is 0 Å². The highest BCUT2D eigenvalue weighted by Crippen LogP contribution is 2.15. The Balaban J connectivity index is 2.12. The van der Waals surface area contributed by atoms with Gasteiger partial charge in [-0.25, -0.2) is 9.78 Å². The second-order valence-electron chi connectivity index (χ2n) is 4.31. The third kappa shape index (κ3) is 2.73. The largest absolute Gasteiger partial charge is 0.464 e. The number of aromatic nitrogens is 2. The number of anilines is 1. The lowest BCUT2D eigenvalue weighted by Crippen LogP contribution is -2.48. The number of amides is 2. The summed E-state index contributed by atoms with van der Waals surface area (Å²) in [6.45, 7) is 0. The summed E-state index contributed by atoms with van der Waals surface area (Å²) in [4.78, 5) is 43.6. The van der Waals surface area contributed by atoms with Crippen LogP contribution in [0.2, 0.25) is 0 Å². The van der Waals surface area contributed by atoms with E-state index < -0.39 is 12.0 Å². The molecule has 8 heteroatoms. The van der Waals surface area contributed by atoms with E-state index in [1.165, 1.54) is 26.6 Å². The van der Waals surface area contributed by atoms with Gasteiger partial charge in [0, 0.05) is 13.5 Å². The predicted octanol–water partition coefficient (Wildman–Crippen LogP) is -0.178. The number of methoxy groups -OCH3 is 1. The molecule has 8 nitrogen and oxygen atoms in total. The highest BCUT2D eigenvalue weighted by atomic mass is 16.5. The number of hydrogen-bond donors (Lipinski definition) is 1. The van der Waals surface area contributed by atoms with Gasteiger partial charge in [0.2, 0.25) is 5.91 Å². The van der Waals surface area contributed by atoms with Crippen LogP contribution in [0.4, 0.5) is 5.82 Å². The third-order valence-corrected chi connectivity index (χ3v) is 3.00. The minimum absolute atomic E-state index is 0.0465. The molecule has 0 bridgehead atoms. The molecular weight excluding hydrogens is 264 g/mol. The molecule has 1 aromatic rings. The highest BCUT2D eigenvalue weighted by Gasteiger charge is 2.31. The summed E-state index contributed by atoms with van der Waals surface area (Å²) in [5, 5.41) is 2.88. The zero-order valence-corrected chi connectivity index (χ0v) is 11.1. The van der Waals surface area contributed by atoms with Crippen LogP contribution in [-0.2, 0) is 14.3 Å². The maximum atomic E-state index is 11.9. The van der Waals surface area contributed by atoms with Crippen LogP contribution in [0, 0.1) is 0 Å². The van der Waals surface area contributed by atoms with Crippen molar-refractivity contribution >= 4 is 23.6 Å². The maximum absolute atomic E-state index is 11.9. The van der Waals surface area contributed by atoms with Crippen molar-refractivity contribution in [1.29, 1.82) is 0 Å². The number of esters is 1. The number of hydrogen-bond acceptors (Lipinski definition) is 7. The monoisotopic (exact) mass is 278 g/mol. The van der Waals surface area contributed by atoms with Crippen molar-refractivity contribution in [2.24, 2.45) is 0 Å². The average Bonchev–Trinajstić information content (AvgIpc) is 2.47. The Morgan fingerprint density at radius 3 is 2.90 bits per heavy atom. The SMILES string of the molecule is COC(=O)c1cncc(NC2CCC(=O)N(C)C2=O)n1. The summed E-state index contributed by atoms with van der Waals surface area (Å²) >= 11 is 0. The van der Waals surface area contributed by atoms with Crippen molar-refractivity contribution in [3.8, 4) is 0 Å². The molecule has 0 saturated carbocycles. The Bertz CT molecular complexity index is 560. The summed E-state index contributed by atoms with van der Waals surface area (Å²) in [6.07, 6.45) is 3.33. The first-order valence-electron chi connectivity index (χ1n) is 6.00. The Morgan fingerprint density at radius 2 is 2.20 bits per heavy atom. The standard InChI is InChI=1S/C12H14N4O4/c1-16-10(17)4-3-7(11(16)18)14-9-6-13-5-8(15-9)12(19)20-2/h5-7H,3-4H2,1-2H3,(H,14,15). The highest BCUT2D eigenvalue weighted by molar-refractivity contribution is 6.01. The molecule has 1 saturated heterocycles. The van der Waals surface area contributed by atoms with Gasteiger partial charge in [-0.05, 0) is 6.42 Å². The number of nitrogens with zero attached hydrogens (tertiary/aromatic N) is 3. The molecule has 0 aliphatic carbocycles. The molecule has 106 valence electrons. The number of imide groups is 1. The minimum atomic E-state index is -0.608. The summed E-state index contributed by atoms with van der Waals surface area (Å²) in [6, 6.07) is -0.556. The summed E-state index contributed by atoms with van der Waals surface area (Å²) in [7, 11) is 2.68. The zero-order chi connectivity index (χ0) is 14.7. The van der Waals surface area contributed by atoms with Gasteiger partial charge in [0.1, 0.15) is 11.9 Å². The van der Waals surface area contributed by atoms with Crippen LogP contribution >= 0.6 is 0 Å². The van der Waals surface area contributed by atoms with Gasteiger partial charge in [0.15, 0.2) is 5.69 Å². The number of nitrogens with one attached hydrogen (secondary N) is 1. The van der Waals surface area contributed by atoms with Crippen LogP contribution in [-0.4, -0.2) is 52.9 Å².